The monoisotopic (exact) mass is 809 g/mol. The van der Waals surface area contributed by atoms with Crippen LogP contribution in [0.1, 0.15) is 226 Å². The second kappa shape index (κ2) is 48.7. The van der Waals surface area contributed by atoms with Gasteiger partial charge in [0.1, 0.15) is 6.61 Å². The van der Waals surface area contributed by atoms with Crippen LogP contribution in [0.3, 0.4) is 0 Å². The molecule has 58 heavy (non-hydrogen) atoms. The van der Waals surface area contributed by atoms with Crippen LogP contribution >= 0.6 is 0 Å². The summed E-state index contributed by atoms with van der Waals surface area (Å²) in [6.45, 7) is 7.62. The lowest BCUT2D eigenvalue weighted by Gasteiger charge is -2.18. The molecule has 1 unspecified atom stereocenters. The molecule has 0 aliphatic rings. The minimum atomic E-state index is -0.554. The lowest BCUT2D eigenvalue weighted by atomic mass is 10.1. The Hall–Kier alpha value is -2.66. The van der Waals surface area contributed by atoms with Gasteiger partial charge in [0.15, 0.2) is 6.10 Å². The van der Waals surface area contributed by atoms with Gasteiger partial charge in [0.25, 0.3) is 0 Å². The van der Waals surface area contributed by atoms with E-state index in [0.29, 0.717) is 19.4 Å². The van der Waals surface area contributed by atoms with Gasteiger partial charge in [-0.3, -0.25) is 9.59 Å². The quantitative estimate of drug-likeness (QED) is 0.0348. The predicted molar refractivity (Wildman–Crippen MR) is 251 cm³/mol. The number of rotatable bonds is 44. The van der Waals surface area contributed by atoms with Crippen molar-refractivity contribution in [1.29, 1.82) is 0 Å². The van der Waals surface area contributed by atoms with Crippen molar-refractivity contribution < 1.29 is 23.8 Å². The second-order valence-electron chi connectivity index (χ2n) is 16.0. The van der Waals surface area contributed by atoms with Gasteiger partial charge in [-0.05, 0) is 103 Å². The van der Waals surface area contributed by atoms with Crippen molar-refractivity contribution in [2.75, 3.05) is 19.8 Å². The highest BCUT2D eigenvalue weighted by molar-refractivity contribution is 5.70. The molecule has 0 aromatic rings. The van der Waals surface area contributed by atoms with E-state index in [0.717, 1.165) is 96.3 Å². The minimum absolute atomic E-state index is 0.0649. The molecule has 0 amide bonds. The number of esters is 2. The van der Waals surface area contributed by atoms with Crippen molar-refractivity contribution in [2.24, 2.45) is 0 Å². The van der Waals surface area contributed by atoms with Crippen LogP contribution in [0.25, 0.3) is 0 Å². The zero-order valence-electron chi connectivity index (χ0n) is 38.3. The third kappa shape index (κ3) is 46.0. The van der Waals surface area contributed by atoms with Crippen molar-refractivity contribution in [3.05, 3.63) is 72.9 Å². The van der Waals surface area contributed by atoms with E-state index in [1.807, 2.05) is 0 Å². The summed E-state index contributed by atoms with van der Waals surface area (Å²) in [5, 5.41) is 0. The molecule has 0 spiro atoms. The SMILES string of the molecule is CC/C=C\C/C=C\C/C=C\C/C=C\CCCCCCC(=O)OCC(COCCCCCCCC/C=C\CCCC)OC(=O)CCCCCCC/C=C\CCCCCC. The number of unbranched alkanes of at least 4 members (excludes halogenated alkanes) is 21. The van der Waals surface area contributed by atoms with Crippen molar-refractivity contribution in [3.8, 4) is 0 Å². The average molecular weight is 809 g/mol. The van der Waals surface area contributed by atoms with E-state index in [1.165, 1.54) is 96.3 Å². The highest BCUT2D eigenvalue weighted by Crippen LogP contribution is 2.13. The molecule has 0 saturated carbocycles. The Morgan fingerprint density at radius 3 is 1.31 bits per heavy atom. The Balaban J connectivity index is 4.32. The Bertz CT molecular complexity index is 1050. The summed E-state index contributed by atoms with van der Waals surface area (Å²) in [7, 11) is 0. The Kier molecular flexibility index (Phi) is 46.5. The number of carbonyl (C=O) groups is 2. The number of ether oxygens (including phenoxy) is 3. The van der Waals surface area contributed by atoms with E-state index < -0.39 is 6.10 Å². The van der Waals surface area contributed by atoms with Gasteiger partial charge in [-0.2, -0.15) is 0 Å². The molecule has 1 atom stereocenters. The summed E-state index contributed by atoms with van der Waals surface area (Å²) in [6, 6.07) is 0. The average Bonchev–Trinajstić information content (AvgIpc) is 3.22. The van der Waals surface area contributed by atoms with Crippen LogP contribution in [-0.4, -0.2) is 37.9 Å². The molecule has 0 aliphatic carbocycles. The van der Waals surface area contributed by atoms with Gasteiger partial charge in [-0.25, -0.2) is 0 Å². The van der Waals surface area contributed by atoms with E-state index in [4.69, 9.17) is 14.2 Å². The van der Waals surface area contributed by atoms with E-state index in [-0.39, 0.29) is 25.2 Å². The van der Waals surface area contributed by atoms with Gasteiger partial charge < -0.3 is 14.2 Å². The fraction of sp³-hybridized carbons (Fsp3) is 0.736. The van der Waals surface area contributed by atoms with Gasteiger partial charge in [0.2, 0.25) is 0 Å². The summed E-state index contributed by atoms with van der Waals surface area (Å²) in [4.78, 5) is 25.3. The molecule has 0 rings (SSSR count). The zero-order chi connectivity index (χ0) is 42.1. The molecule has 334 valence electrons. The van der Waals surface area contributed by atoms with Crippen LogP contribution in [0.4, 0.5) is 0 Å². The fourth-order valence-corrected chi connectivity index (χ4v) is 6.53. The molecule has 0 saturated heterocycles. The van der Waals surface area contributed by atoms with Crippen LogP contribution in [0.5, 0.6) is 0 Å². The van der Waals surface area contributed by atoms with E-state index >= 15 is 0 Å². The maximum Gasteiger partial charge on any atom is 0.306 e. The predicted octanol–water partition coefficient (Wildman–Crippen LogP) is 16.3. The second-order valence-corrected chi connectivity index (χ2v) is 16.0. The number of carbonyl (C=O) groups excluding carboxylic acids is 2. The van der Waals surface area contributed by atoms with Gasteiger partial charge in [0, 0.05) is 19.4 Å². The van der Waals surface area contributed by atoms with Gasteiger partial charge in [0.05, 0.1) is 6.61 Å². The summed E-state index contributed by atoms with van der Waals surface area (Å²) in [6.07, 6.45) is 61.8. The lowest BCUT2D eigenvalue weighted by Crippen LogP contribution is -2.30. The lowest BCUT2D eigenvalue weighted by molar-refractivity contribution is -0.163. The van der Waals surface area contributed by atoms with Crippen LogP contribution in [0, 0.1) is 0 Å². The molecule has 0 N–H and O–H groups in total. The third-order valence-corrected chi connectivity index (χ3v) is 10.2. The topological polar surface area (TPSA) is 61.8 Å². The van der Waals surface area contributed by atoms with Crippen LogP contribution in [0.15, 0.2) is 72.9 Å². The maximum atomic E-state index is 12.7. The number of allylic oxidation sites excluding steroid dienone is 12. The molecule has 0 aromatic heterocycles. The summed E-state index contributed by atoms with van der Waals surface area (Å²) < 4.78 is 17.3. The molecular weight excluding hydrogens is 717 g/mol. The molecule has 5 nitrogen and oxygen atoms in total. The Morgan fingerprint density at radius 2 is 0.793 bits per heavy atom. The van der Waals surface area contributed by atoms with Crippen LogP contribution in [0.2, 0.25) is 0 Å². The minimum Gasteiger partial charge on any atom is -0.462 e. The highest BCUT2D eigenvalue weighted by atomic mass is 16.6. The van der Waals surface area contributed by atoms with E-state index in [2.05, 4.69) is 93.7 Å². The first-order valence-electron chi connectivity index (χ1n) is 24.5. The Labute approximate surface area is 359 Å². The molecule has 0 bridgehead atoms. The normalized spacial score (nSPS) is 12.8. The van der Waals surface area contributed by atoms with Gasteiger partial charge in [-0.15, -0.1) is 0 Å². The van der Waals surface area contributed by atoms with Crippen molar-refractivity contribution in [2.45, 2.75) is 232 Å². The maximum absolute atomic E-state index is 12.7. The van der Waals surface area contributed by atoms with Crippen molar-refractivity contribution in [1.82, 2.24) is 0 Å². The largest absolute Gasteiger partial charge is 0.462 e. The van der Waals surface area contributed by atoms with Crippen molar-refractivity contribution >= 4 is 11.9 Å². The Morgan fingerprint density at radius 1 is 0.397 bits per heavy atom. The van der Waals surface area contributed by atoms with E-state index in [9.17, 15) is 9.59 Å². The number of hydrogen-bond donors (Lipinski definition) is 0. The first-order chi connectivity index (χ1) is 28.6. The first-order valence-corrected chi connectivity index (χ1v) is 24.5. The number of hydrogen-bond acceptors (Lipinski definition) is 5. The smallest absolute Gasteiger partial charge is 0.306 e. The molecule has 0 aromatic carbocycles. The van der Waals surface area contributed by atoms with E-state index in [1.54, 1.807) is 0 Å². The van der Waals surface area contributed by atoms with Crippen LogP contribution in [-0.2, 0) is 23.8 Å². The van der Waals surface area contributed by atoms with Crippen molar-refractivity contribution in [3.63, 3.8) is 0 Å². The van der Waals surface area contributed by atoms with Gasteiger partial charge >= 0.3 is 11.9 Å². The molecule has 0 fully saturated rings. The van der Waals surface area contributed by atoms with Crippen LogP contribution < -0.4 is 0 Å². The molecule has 0 radical (unpaired) electrons. The highest BCUT2D eigenvalue weighted by Gasteiger charge is 2.17. The molecule has 0 aliphatic heterocycles. The summed E-state index contributed by atoms with van der Waals surface area (Å²) in [5.74, 6) is -0.438. The molecule has 5 heteroatoms. The first kappa shape index (κ1) is 55.3. The summed E-state index contributed by atoms with van der Waals surface area (Å²) in [5.41, 5.74) is 0. The zero-order valence-corrected chi connectivity index (χ0v) is 38.3. The molecule has 0 heterocycles. The molecular formula is C53H92O5. The summed E-state index contributed by atoms with van der Waals surface area (Å²) >= 11 is 0. The standard InChI is InChI=1S/C53H92O5/c1-4-7-10-13-16-19-22-25-26-27-28-30-31-34-37-40-43-46-52(54)57-50-51(49-56-48-45-42-39-36-33-24-21-18-15-12-9-6-3)58-53(55)47-44-41-38-35-32-29-23-20-17-14-11-8-5-2/h7,10,15-16,18-20,23,25-26,28,30,51H,4-6,8-9,11-14,17,21-22,24,27,29,31-50H2,1-3H3/b10-7-,18-15-,19-16-,23-20-,26-25-,30-28-. The third-order valence-electron chi connectivity index (χ3n) is 10.2. The van der Waals surface area contributed by atoms with Gasteiger partial charge in [-0.1, -0.05) is 184 Å². The fourth-order valence-electron chi connectivity index (χ4n) is 6.53.